The predicted octanol–water partition coefficient (Wildman–Crippen LogP) is 4.91. The molecule has 6 heteroatoms. The minimum absolute atomic E-state index is 0.0561. The lowest BCUT2D eigenvalue weighted by Crippen LogP contribution is -2.27. The second-order valence-electron chi connectivity index (χ2n) is 8.68. The third kappa shape index (κ3) is 3.43. The molecule has 0 unspecified atom stereocenters. The van der Waals surface area contributed by atoms with Crippen molar-refractivity contribution in [3.8, 4) is 0 Å². The Bertz CT molecular complexity index is 1300. The number of aryl methyl sites for hydroxylation is 2. The largest absolute Gasteiger partial charge is 0.467 e. The van der Waals surface area contributed by atoms with Crippen LogP contribution >= 0.6 is 0 Å². The molecule has 0 bridgehead atoms. The first-order valence-corrected chi connectivity index (χ1v) is 9.93. The number of furan rings is 2. The zero-order valence-corrected chi connectivity index (χ0v) is 17.8. The van der Waals surface area contributed by atoms with Crippen molar-refractivity contribution in [3.63, 3.8) is 0 Å². The van der Waals surface area contributed by atoms with E-state index in [0.29, 0.717) is 16.9 Å². The van der Waals surface area contributed by atoms with E-state index in [0.717, 1.165) is 33.0 Å². The Labute approximate surface area is 173 Å². The van der Waals surface area contributed by atoms with Crippen molar-refractivity contribution in [2.24, 2.45) is 0 Å². The van der Waals surface area contributed by atoms with Crippen LogP contribution in [0.2, 0.25) is 0 Å². The average molecular weight is 407 g/mol. The third-order valence-electron chi connectivity index (χ3n) is 5.53. The topological polar surface area (TPSA) is 85.6 Å². The Kier molecular flexibility index (Phi) is 4.80. The van der Waals surface area contributed by atoms with Crippen LogP contribution in [-0.4, -0.2) is 5.91 Å². The maximum Gasteiger partial charge on any atom is 0.340 e. The molecule has 0 saturated heterocycles. The third-order valence-corrected chi connectivity index (χ3v) is 5.53. The van der Waals surface area contributed by atoms with Crippen LogP contribution in [0.5, 0.6) is 0 Å². The van der Waals surface area contributed by atoms with Crippen LogP contribution in [0.15, 0.2) is 48.8 Å². The number of rotatable bonds is 4. The first-order valence-electron chi connectivity index (χ1n) is 9.93. The molecule has 1 amide bonds. The second-order valence-corrected chi connectivity index (χ2v) is 8.68. The summed E-state index contributed by atoms with van der Waals surface area (Å²) in [6.45, 7) is 10.4. The first kappa shape index (κ1) is 20.0. The molecule has 4 aromatic rings. The molecular formula is C24H25NO5. The van der Waals surface area contributed by atoms with Gasteiger partial charge in [-0.05, 0) is 43.0 Å². The summed E-state index contributed by atoms with van der Waals surface area (Å²) in [4.78, 5) is 25.1. The van der Waals surface area contributed by atoms with Crippen molar-refractivity contribution in [1.29, 1.82) is 0 Å². The van der Waals surface area contributed by atoms with Gasteiger partial charge in [0.2, 0.25) is 5.91 Å². The van der Waals surface area contributed by atoms with Crippen LogP contribution in [0, 0.1) is 13.8 Å². The van der Waals surface area contributed by atoms with E-state index in [1.54, 1.807) is 24.7 Å². The van der Waals surface area contributed by atoms with E-state index < -0.39 is 5.63 Å². The molecule has 0 spiro atoms. The van der Waals surface area contributed by atoms with E-state index in [1.807, 2.05) is 19.9 Å². The van der Waals surface area contributed by atoms with Crippen molar-refractivity contribution in [2.75, 3.05) is 0 Å². The number of carbonyl (C=O) groups excluding carboxylic acids is 1. The molecule has 4 rings (SSSR count). The first-order chi connectivity index (χ1) is 14.2. The van der Waals surface area contributed by atoms with Crippen molar-refractivity contribution >= 4 is 27.8 Å². The van der Waals surface area contributed by atoms with E-state index in [1.165, 1.54) is 0 Å². The van der Waals surface area contributed by atoms with Gasteiger partial charge in [0.1, 0.15) is 16.9 Å². The summed E-state index contributed by atoms with van der Waals surface area (Å²) in [6.07, 6.45) is 3.26. The quantitative estimate of drug-likeness (QED) is 0.486. The Morgan fingerprint density at radius 3 is 2.50 bits per heavy atom. The normalized spacial score (nSPS) is 12.0. The van der Waals surface area contributed by atoms with E-state index in [2.05, 4.69) is 26.1 Å². The second kappa shape index (κ2) is 7.20. The summed E-state index contributed by atoms with van der Waals surface area (Å²) in [5, 5.41) is 4.59. The van der Waals surface area contributed by atoms with E-state index in [-0.39, 0.29) is 24.3 Å². The monoisotopic (exact) mass is 407 g/mol. The molecule has 156 valence electrons. The van der Waals surface area contributed by atoms with Gasteiger partial charge in [-0.25, -0.2) is 4.79 Å². The summed E-state index contributed by atoms with van der Waals surface area (Å²) in [7, 11) is 0. The number of nitrogens with one attached hydrogen (secondary N) is 1. The van der Waals surface area contributed by atoms with Crippen LogP contribution in [-0.2, 0) is 23.2 Å². The molecule has 1 N–H and O–H groups in total. The van der Waals surface area contributed by atoms with Gasteiger partial charge in [-0.3, -0.25) is 4.79 Å². The predicted molar refractivity (Wildman–Crippen MR) is 115 cm³/mol. The van der Waals surface area contributed by atoms with Crippen LogP contribution in [0.1, 0.15) is 48.8 Å². The van der Waals surface area contributed by atoms with Gasteiger partial charge in [-0.1, -0.05) is 20.8 Å². The summed E-state index contributed by atoms with van der Waals surface area (Å²) in [6, 6.07) is 5.54. The summed E-state index contributed by atoms with van der Waals surface area (Å²) >= 11 is 0. The zero-order chi connectivity index (χ0) is 21.6. The van der Waals surface area contributed by atoms with Crippen molar-refractivity contribution in [2.45, 2.75) is 53.0 Å². The Morgan fingerprint density at radius 1 is 1.07 bits per heavy atom. The van der Waals surface area contributed by atoms with Gasteiger partial charge in [-0.2, -0.15) is 0 Å². The molecule has 3 heterocycles. The Hall–Kier alpha value is -3.28. The molecule has 0 aliphatic heterocycles. The molecule has 3 aromatic heterocycles. The molecule has 1 aromatic carbocycles. The lowest BCUT2D eigenvalue weighted by atomic mass is 9.86. The summed E-state index contributed by atoms with van der Waals surface area (Å²) < 4.78 is 16.7. The van der Waals surface area contributed by atoms with Crippen LogP contribution in [0.3, 0.4) is 0 Å². The number of fused-ring (bicyclic) bond motifs is 2. The van der Waals surface area contributed by atoms with Crippen LogP contribution in [0.4, 0.5) is 0 Å². The highest BCUT2D eigenvalue weighted by Crippen LogP contribution is 2.37. The molecule has 30 heavy (non-hydrogen) atoms. The molecular weight excluding hydrogens is 382 g/mol. The summed E-state index contributed by atoms with van der Waals surface area (Å²) in [5.74, 6) is 0.385. The van der Waals surface area contributed by atoms with Gasteiger partial charge in [0.25, 0.3) is 0 Å². The van der Waals surface area contributed by atoms with E-state index >= 15 is 0 Å². The summed E-state index contributed by atoms with van der Waals surface area (Å²) in [5.41, 5.74) is 3.61. The molecule has 0 atom stereocenters. The lowest BCUT2D eigenvalue weighted by Gasteiger charge is -2.17. The minimum Gasteiger partial charge on any atom is -0.467 e. The molecule has 0 saturated carbocycles. The maximum atomic E-state index is 12.7. The van der Waals surface area contributed by atoms with Crippen LogP contribution in [0.25, 0.3) is 21.9 Å². The van der Waals surface area contributed by atoms with Crippen LogP contribution < -0.4 is 10.9 Å². The van der Waals surface area contributed by atoms with E-state index in [9.17, 15) is 9.59 Å². The van der Waals surface area contributed by atoms with Crippen molar-refractivity contribution in [3.05, 3.63) is 69.2 Å². The highest BCUT2D eigenvalue weighted by atomic mass is 16.4. The standard InChI is InChI=1S/C24H25NO5/c1-13-16-9-18-19(24(3,4)5)12-29-21(18)14(2)22(16)30-23(27)17(13)10-20(26)25-11-15-7-6-8-28-15/h6-9,12H,10-11H2,1-5H3,(H,25,26). The van der Waals surface area contributed by atoms with Crippen molar-refractivity contribution < 1.29 is 18.0 Å². The fourth-order valence-corrected chi connectivity index (χ4v) is 3.80. The van der Waals surface area contributed by atoms with E-state index in [4.69, 9.17) is 13.3 Å². The minimum atomic E-state index is -0.502. The maximum absolute atomic E-state index is 12.7. The Morgan fingerprint density at radius 2 is 1.83 bits per heavy atom. The van der Waals surface area contributed by atoms with Gasteiger partial charge in [0.05, 0.1) is 31.1 Å². The SMILES string of the molecule is Cc1c(CC(=O)NCc2ccco2)c(=O)oc2c(C)c3occ(C(C)(C)C)c3cc12. The molecule has 0 radical (unpaired) electrons. The number of hydrogen-bond acceptors (Lipinski definition) is 5. The fraction of sp³-hybridized carbons (Fsp3) is 0.333. The number of hydrogen-bond donors (Lipinski definition) is 1. The molecule has 0 aliphatic carbocycles. The Balaban J connectivity index is 1.77. The molecule has 0 fully saturated rings. The number of amides is 1. The highest BCUT2D eigenvalue weighted by molar-refractivity contribution is 6.00. The highest BCUT2D eigenvalue weighted by Gasteiger charge is 2.24. The fourth-order valence-electron chi connectivity index (χ4n) is 3.80. The molecule has 0 aliphatic rings. The van der Waals surface area contributed by atoms with Gasteiger partial charge in [0.15, 0.2) is 0 Å². The van der Waals surface area contributed by atoms with Gasteiger partial charge in [-0.15, -0.1) is 0 Å². The number of benzene rings is 1. The van der Waals surface area contributed by atoms with Gasteiger partial charge >= 0.3 is 5.63 Å². The van der Waals surface area contributed by atoms with Crippen molar-refractivity contribution in [1.82, 2.24) is 5.32 Å². The number of carbonyl (C=O) groups is 1. The average Bonchev–Trinajstić information content (AvgIpc) is 3.34. The lowest BCUT2D eigenvalue weighted by molar-refractivity contribution is -0.120. The zero-order valence-electron chi connectivity index (χ0n) is 17.8. The molecule has 6 nitrogen and oxygen atoms in total. The van der Waals surface area contributed by atoms with Gasteiger partial charge in [0, 0.05) is 21.9 Å². The smallest absolute Gasteiger partial charge is 0.340 e. The van der Waals surface area contributed by atoms with Gasteiger partial charge < -0.3 is 18.6 Å².